The van der Waals surface area contributed by atoms with Gasteiger partial charge in [-0.15, -0.1) is 0 Å². The van der Waals surface area contributed by atoms with E-state index >= 15 is 0 Å². The molecule has 0 amide bonds. The average Bonchev–Trinajstić information content (AvgIpc) is 2.49. The number of halogens is 2. The highest BCUT2D eigenvalue weighted by molar-refractivity contribution is 5.28. The SMILES string of the molecule is CCCCC1CCC(C(O)c2c(F)ccc(C)c2F)CC1. The Bertz CT molecular complexity index is 465. The lowest BCUT2D eigenvalue weighted by Gasteiger charge is -2.32. The number of benzene rings is 1. The average molecular weight is 296 g/mol. The minimum absolute atomic E-state index is 0.0197. The van der Waals surface area contributed by atoms with Crippen molar-refractivity contribution in [3.05, 3.63) is 34.9 Å². The van der Waals surface area contributed by atoms with Crippen molar-refractivity contribution in [3.8, 4) is 0 Å². The Morgan fingerprint density at radius 1 is 1.19 bits per heavy atom. The first-order valence-corrected chi connectivity index (χ1v) is 8.17. The predicted octanol–water partition coefficient (Wildman–Crippen LogP) is 5.30. The number of unbranched alkanes of at least 4 members (excludes halogenated alkanes) is 1. The zero-order chi connectivity index (χ0) is 15.4. The van der Waals surface area contributed by atoms with Crippen molar-refractivity contribution in [2.75, 3.05) is 0 Å². The standard InChI is InChI=1S/C18H26F2O/c1-3-4-5-13-7-9-14(10-8-13)18(21)16-15(19)11-6-12(2)17(16)20/h6,11,13-14,18,21H,3-5,7-10H2,1-2H3. The zero-order valence-corrected chi connectivity index (χ0v) is 13.0. The highest BCUT2D eigenvalue weighted by Gasteiger charge is 2.30. The molecule has 1 aromatic rings. The molecule has 1 aliphatic carbocycles. The van der Waals surface area contributed by atoms with Gasteiger partial charge in [0.05, 0.1) is 11.7 Å². The van der Waals surface area contributed by atoms with Gasteiger partial charge in [-0.2, -0.15) is 0 Å². The molecule has 0 bridgehead atoms. The smallest absolute Gasteiger partial charge is 0.134 e. The Morgan fingerprint density at radius 3 is 2.48 bits per heavy atom. The second-order valence-corrected chi connectivity index (χ2v) is 6.46. The summed E-state index contributed by atoms with van der Waals surface area (Å²) < 4.78 is 28.0. The lowest BCUT2D eigenvalue weighted by Crippen LogP contribution is -2.22. The molecule has 1 nitrogen and oxygen atoms in total. The van der Waals surface area contributed by atoms with E-state index in [1.807, 2.05) is 0 Å². The van der Waals surface area contributed by atoms with Crippen molar-refractivity contribution in [1.82, 2.24) is 0 Å². The van der Waals surface area contributed by atoms with Crippen LogP contribution in [0.25, 0.3) is 0 Å². The Kier molecular flexibility index (Phi) is 5.74. The Hall–Kier alpha value is -0.960. The van der Waals surface area contributed by atoms with Crippen LogP contribution in [0, 0.1) is 30.4 Å². The van der Waals surface area contributed by atoms with Gasteiger partial charge in [-0.05, 0) is 43.2 Å². The molecule has 1 unspecified atom stereocenters. The first-order chi connectivity index (χ1) is 10.0. The number of aryl methyl sites for hydroxylation is 1. The fraction of sp³-hybridized carbons (Fsp3) is 0.667. The van der Waals surface area contributed by atoms with Crippen LogP contribution in [-0.2, 0) is 0 Å². The van der Waals surface area contributed by atoms with Gasteiger partial charge in [0.2, 0.25) is 0 Å². The lowest BCUT2D eigenvalue weighted by molar-refractivity contribution is 0.0660. The highest BCUT2D eigenvalue weighted by Crippen LogP contribution is 2.40. The molecule has 1 aliphatic rings. The van der Waals surface area contributed by atoms with Gasteiger partial charge in [0.1, 0.15) is 11.6 Å². The molecule has 1 aromatic carbocycles. The zero-order valence-electron chi connectivity index (χ0n) is 13.0. The van der Waals surface area contributed by atoms with Gasteiger partial charge in [-0.25, -0.2) is 8.78 Å². The van der Waals surface area contributed by atoms with E-state index in [-0.39, 0.29) is 11.5 Å². The number of hydrogen-bond donors (Lipinski definition) is 1. The van der Waals surface area contributed by atoms with Crippen molar-refractivity contribution in [3.63, 3.8) is 0 Å². The van der Waals surface area contributed by atoms with Crippen LogP contribution >= 0.6 is 0 Å². The third-order valence-corrected chi connectivity index (χ3v) is 4.92. The number of aliphatic hydroxyl groups excluding tert-OH is 1. The van der Waals surface area contributed by atoms with E-state index in [1.54, 1.807) is 6.92 Å². The molecule has 3 heteroatoms. The van der Waals surface area contributed by atoms with Crippen LogP contribution in [0.5, 0.6) is 0 Å². The van der Waals surface area contributed by atoms with Crippen LogP contribution in [0.15, 0.2) is 12.1 Å². The summed E-state index contributed by atoms with van der Waals surface area (Å²) in [4.78, 5) is 0. The Balaban J connectivity index is 2.02. The molecule has 1 saturated carbocycles. The third kappa shape index (κ3) is 3.82. The van der Waals surface area contributed by atoms with Gasteiger partial charge in [0.15, 0.2) is 0 Å². The number of aliphatic hydroxyl groups is 1. The molecule has 1 fully saturated rings. The molecular formula is C18H26F2O. The van der Waals surface area contributed by atoms with Gasteiger partial charge >= 0.3 is 0 Å². The summed E-state index contributed by atoms with van der Waals surface area (Å²) in [6.07, 6.45) is 6.54. The quantitative estimate of drug-likeness (QED) is 0.781. The summed E-state index contributed by atoms with van der Waals surface area (Å²) >= 11 is 0. The van der Waals surface area contributed by atoms with Crippen molar-refractivity contribution in [2.24, 2.45) is 11.8 Å². The van der Waals surface area contributed by atoms with Crippen molar-refractivity contribution >= 4 is 0 Å². The normalized spacial score (nSPS) is 24.0. The minimum atomic E-state index is -1.02. The molecule has 1 N–H and O–H groups in total. The fourth-order valence-corrected chi connectivity index (χ4v) is 3.47. The largest absolute Gasteiger partial charge is 0.388 e. The number of hydrogen-bond acceptors (Lipinski definition) is 1. The number of rotatable bonds is 5. The monoisotopic (exact) mass is 296 g/mol. The molecule has 2 rings (SSSR count). The van der Waals surface area contributed by atoms with Gasteiger partial charge in [0.25, 0.3) is 0 Å². The maximum Gasteiger partial charge on any atom is 0.134 e. The van der Waals surface area contributed by atoms with Crippen molar-refractivity contribution in [1.29, 1.82) is 0 Å². The second kappa shape index (κ2) is 7.35. The van der Waals surface area contributed by atoms with Crippen LogP contribution in [0.2, 0.25) is 0 Å². The first-order valence-electron chi connectivity index (χ1n) is 8.17. The Labute approximate surface area is 126 Å². The molecule has 118 valence electrons. The molecule has 1 atom stereocenters. The summed E-state index contributed by atoms with van der Waals surface area (Å²) in [7, 11) is 0. The molecule has 0 heterocycles. The van der Waals surface area contributed by atoms with Crippen molar-refractivity contribution < 1.29 is 13.9 Å². The molecular weight excluding hydrogens is 270 g/mol. The Morgan fingerprint density at radius 2 is 1.86 bits per heavy atom. The molecule has 0 aliphatic heterocycles. The van der Waals surface area contributed by atoms with Gasteiger partial charge < -0.3 is 5.11 Å². The van der Waals surface area contributed by atoms with Crippen molar-refractivity contribution in [2.45, 2.75) is 64.9 Å². The van der Waals surface area contributed by atoms with Gasteiger partial charge in [0, 0.05) is 0 Å². The molecule has 0 saturated heterocycles. The minimum Gasteiger partial charge on any atom is -0.388 e. The highest BCUT2D eigenvalue weighted by atomic mass is 19.1. The van der Waals surface area contributed by atoms with E-state index < -0.39 is 17.7 Å². The van der Waals surface area contributed by atoms with Crippen LogP contribution in [0.3, 0.4) is 0 Å². The van der Waals surface area contributed by atoms with E-state index in [9.17, 15) is 13.9 Å². The third-order valence-electron chi connectivity index (χ3n) is 4.92. The van der Waals surface area contributed by atoms with E-state index in [2.05, 4.69) is 6.92 Å². The summed E-state index contributed by atoms with van der Waals surface area (Å²) in [5.74, 6) is -0.511. The summed E-state index contributed by atoms with van der Waals surface area (Å²) in [5.41, 5.74) is 0.258. The molecule has 0 radical (unpaired) electrons. The second-order valence-electron chi connectivity index (χ2n) is 6.46. The van der Waals surface area contributed by atoms with E-state index in [1.165, 1.54) is 31.4 Å². The van der Waals surface area contributed by atoms with Gasteiger partial charge in [-0.1, -0.05) is 45.1 Å². The van der Waals surface area contributed by atoms with E-state index in [0.29, 0.717) is 5.56 Å². The topological polar surface area (TPSA) is 20.2 Å². The van der Waals surface area contributed by atoms with Crippen LogP contribution in [0.1, 0.15) is 69.1 Å². The molecule has 0 spiro atoms. The lowest BCUT2D eigenvalue weighted by atomic mass is 9.76. The van der Waals surface area contributed by atoms with Crippen LogP contribution in [0.4, 0.5) is 8.78 Å². The summed E-state index contributed by atoms with van der Waals surface area (Å²) in [5, 5.41) is 10.4. The fourth-order valence-electron chi connectivity index (χ4n) is 3.47. The summed E-state index contributed by atoms with van der Waals surface area (Å²) in [6, 6.07) is 2.67. The van der Waals surface area contributed by atoms with Crippen LogP contribution < -0.4 is 0 Å². The molecule has 21 heavy (non-hydrogen) atoms. The van der Waals surface area contributed by atoms with E-state index in [0.717, 1.165) is 31.6 Å². The van der Waals surface area contributed by atoms with Gasteiger partial charge in [-0.3, -0.25) is 0 Å². The van der Waals surface area contributed by atoms with E-state index in [4.69, 9.17) is 0 Å². The first kappa shape index (κ1) is 16.4. The summed E-state index contributed by atoms with van der Waals surface area (Å²) in [6.45, 7) is 3.80. The predicted molar refractivity (Wildman–Crippen MR) is 81.0 cm³/mol. The van der Waals surface area contributed by atoms with Crippen LogP contribution in [-0.4, -0.2) is 5.11 Å². The molecule has 0 aromatic heterocycles. The maximum absolute atomic E-state index is 14.1. The maximum atomic E-state index is 14.1.